The smallest absolute Gasteiger partial charge is 0.139 e. The summed E-state index contributed by atoms with van der Waals surface area (Å²) in [4.78, 5) is 4.64. The maximum Gasteiger partial charge on any atom is 0.139 e. The van der Waals surface area contributed by atoms with Gasteiger partial charge in [0.2, 0.25) is 0 Å². The van der Waals surface area contributed by atoms with Crippen LogP contribution >= 0.6 is 0 Å². The Morgan fingerprint density at radius 2 is 2.17 bits per heavy atom. The van der Waals surface area contributed by atoms with Gasteiger partial charge in [0.15, 0.2) is 0 Å². The molecule has 6 heteroatoms. The number of hydrogen-bond donors (Lipinski definition) is 0. The lowest BCUT2D eigenvalue weighted by molar-refractivity contribution is 0.146. The average molecular weight is 255 g/mol. The fraction of sp³-hybridized carbons (Fsp3) is 0.417. The van der Waals surface area contributed by atoms with Crippen molar-refractivity contribution in [3.8, 4) is 11.5 Å². The number of rotatable bonds is 5. The summed E-state index contributed by atoms with van der Waals surface area (Å²) in [5.41, 5.74) is 0.768. The molecule has 98 valence electrons. The molecule has 0 radical (unpaired) electrons. The van der Waals surface area contributed by atoms with Crippen LogP contribution in [0.25, 0.3) is 0 Å². The van der Waals surface area contributed by atoms with Crippen molar-refractivity contribution in [1.82, 2.24) is 0 Å². The molecule has 0 fully saturated rings. The van der Waals surface area contributed by atoms with Crippen molar-refractivity contribution < 1.29 is 23.4 Å². The highest BCUT2D eigenvalue weighted by atomic mass is 19.1. The molecule has 0 bridgehead atoms. The van der Waals surface area contributed by atoms with Gasteiger partial charge in [0, 0.05) is 19.2 Å². The lowest BCUT2D eigenvalue weighted by atomic mass is 10.1. The molecule has 2 rings (SSSR count). The van der Waals surface area contributed by atoms with Crippen LogP contribution in [0.3, 0.4) is 0 Å². The molecule has 0 amide bonds. The third kappa shape index (κ3) is 2.53. The number of hydrogen-bond acceptors (Lipinski definition) is 5. The van der Waals surface area contributed by atoms with E-state index in [4.69, 9.17) is 14.2 Å². The summed E-state index contributed by atoms with van der Waals surface area (Å²) in [5.74, 6) is 0.383. The van der Waals surface area contributed by atoms with Crippen LogP contribution in [-0.2, 0) is 9.57 Å². The Kier molecular flexibility index (Phi) is 3.99. The summed E-state index contributed by atoms with van der Waals surface area (Å²) in [6.07, 6.45) is 0. The molecule has 0 aromatic heterocycles. The number of ether oxygens (including phenoxy) is 3. The van der Waals surface area contributed by atoms with Gasteiger partial charge in [-0.3, -0.25) is 0 Å². The van der Waals surface area contributed by atoms with Crippen molar-refractivity contribution in [3.63, 3.8) is 0 Å². The maximum absolute atomic E-state index is 13.9. The van der Waals surface area contributed by atoms with Crippen molar-refractivity contribution in [2.75, 3.05) is 34.0 Å². The first-order valence-electron chi connectivity index (χ1n) is 5.44. The molecular formula is C12H14FNO4. The van der Waals surface area contributed by atoms with Gasteiger partial charge in [0.1, 0.15) is 43.4 Å². The van der Waals surface area contributed by atoms with Crippen molar-refractivity contribution in [2.24, 2.45) is 5.16 Å². The highest BCUT2D eigenvalue weighted by Gasteiger charge is 2.25. The maximum atomic E-state index is 13.9. The molecule has 18 heavy (non-hydrogen) atoms. The third-order valence-electron chi connectivity index (χ3n) is 2.44. The molecule has 0 saturated heterocycles. The highest BCUT2D eigenvalue weighted by molar-refractivity contribution is 6.06. The van der Waals surface area contributed by atoms with Crippen molar-refractivity contribution in [1.29, 1.82) is 0 Å². The topological polar surface area (TPSA) is 49.3 Å². The van der Waals surface area contributed by atoms with Gasteiger partial charge in [-0.1, -0.05) is 5.16 Å². The molecule has 1 aromatic carbocycles. The van der Waals surface area contributed by atoms with Crippen LogP contribution in [0.1, 0.15) is 5.56 Å². The fourth-order valence-electron chi connectivity index (χ4n) is 1.68. The third-order valence-corrected chi connectivity index (χ3v) is 2.44. The molecule has 5 nitrogen and oxygen atoms in total. The lowest BCUT2D eigenvalue weighted by Crippen LogP contribution is -2.06. The van der Waals surface area contributed by atoms with Crippen LogP contribution in [0.15, 0.2) is 17.3 Å². The van der Waals surface area contributed by atoms with Crippen molar-refractivity contribution >= 4 is 5.71 Å². The van der Waals surface area contributed by atoms with Gasteiger partial charge in [-0.15, -0.1) is 0 Å². The number of nitrogens with zero attached hydrogens (tertiary/aromatic N) is 1. The van der Waals surface area contributed by atoms with Crippen LogP contribution in [-0.4, -0.2) is 39.8 Å². The van der Waals surface area contributed by atoms with E-state index >= 15 is 0 Å². The standard InChI is InChI=1S/C12H14FNO4/c1-15-3-4-17-8-5-9(13)12-10(14-16-2)7-18-11(12)6-8/h5-6H,3-4,7H2,1-2H3/b14-10+. The molecular weight excluding hydrogens is 241 g/mol. The van der Waals surface area contributed by atoms with E-state index in [-0.39, 0.29) is 6.61 Å². The molecule has 0 saturated carbocycles. The zero-order valence-electron chi connectivity index (χ0n) is 10.2. The zero-order valence-corrected chi connectivity index (χ0v) is 10.2. The zero-order chi connectivity index (χ0) is 13.0. The molecule has 0 spiro atoms. The Bertz CT molecular complexity index is 462. The van der Waals surface area contributed by atoms with E-state index in [1.807, 2.05) is 0 Å². The largest absolute Gasteiger partial charge is 0.491 e. The number of methoxy groups -OCH3 is 1. The predicted octanol–water partition coefficient (Wildman–Crippen LogP) is 1.59. The van der Waals surface area contributed by atoms with Gasteiger partial charge >= 0.3 is 0 Å². The summed E-state index contributed by atoms with van der Waals surface area (Å²) in [5, 5.41) is 3.72. The fourth-order valence-corrected chi connectivity index (χ4v) is 1.68. The van der Waals surface area contributed by atoms with Gasteiger partial charge in [-0.25, -0.2) is 4.39 Å². The normalized spacial score (nSPS) is 15.4. The van der Waals surface area contributed by atoms with Crippen LogP contribution in [0.5, 0.6) is 11.5 Å². The average Bonchev–Trinajstić information content (AvgIpc) is 2.74. The molecule has 1 heterocycles. The van der Waals surface area contributed by atoms with Gasteiger partial charge in [-0.05, 0) is 0 Å². The second kappa shape index (κ2) is 5.68. The quantitative estimate of drug-likeness (QED) is 0.592. The van der Waals surface area contributed by atoms with E-state index in [0.29, 0.717) is 36.0 Å². The highest BCUT2D eigenvalue weighted by Crippen LogP contribution is 2.32. The Morgan fingerprint density at radius 1 is 1.33 bits per heavy atom. The van der Waals surface area contributed by atoms with Crippen LogP contribution in [0.4, 0.5) is 4.39 Å². The predicted molar refractivity (Wildman–Crippen MR) is 62.8 cm³/mol. The van der Waals surface area contributed by atoms with E-state index in [2.05, 4.69) is 9.99 Å². The van der Waals surface area contributed by atoms with E-state index in [0.717, 1.165) is 0 Å². The Hall–Kier alpha value is -1.82. The van der Waals surface area contributed by atoms with Gasteiger partial charge < -0.3 is 19.0 Å². The van der Waals surface area contributed by atoms with Crippen molar-refractivity contribution in [2.45, 2.75) is 0 Å². The Balaban J connectivity index is 2.21. The molecule has 0 N–H and O–H groups in total. The van der Waals surface area contributed by atoms with Crippen molar-refractivity contribution in [3.05, 3.63) is 23.5 Å². The van der Waals surface area contributed by atoms with E-state index < -0.39 is 5.82 Å². The Labute approximate surface area is 104 Å². The van der Waals surface area contributed by atoms with E-state index in [9.17, 15) is 4.39 Å². The molecule has 0 unspecified atom stereocenters. The van der Waals surface area contributed by atoms with Gasteiger partial charge in [0.05, 0.1) is 12.2 Å². The van der Waals surface area contributed by atoms with Gasteiger partial charge in [-0.2, -0.15) is 0 Å². The minimum absolute atomic E-state index is 0.196. The summed E-state index contributed by atoms with van der Waals surface area (Å²) in [7, 11) is 2.98. The molecule has 1 aliphatic rings. The summed E-state index contributed by atoms with van der Waals surface area (Å²) in [6.45, 7) is 0.991. The number of oxime groups is 1. The summed E-state index contributed by atoms with van der Waals surface area (Å²) in [6, 6.07) is 2.93. The monoisotopic (exact) mass is 255 g/mol. The molecule has 0 atom stereocenters. The minimum atomic E-state index is -0.437. The first kappa shape index (κ1) is 12.6. The number of halogens is 1. The number of benzene rings is 1. The summed E-state index contributed by atoms with van der Waals surface area (Å²) >= 11 is 0. The van der Waals surface area contributed by atoms with Gasteiger partial charge in [0.25, 0.3) is 0 Å². The van der Waals surface area contributed by atoms with Crippen LogP contribution in [0, 0.1) is 5.82 Å². The lowest BCUT2D eigenvalue weighted by Gasteiger charge is -2.07. The second-order valence-electron chi connectivity index (χ2n) is 3.63. The van der Waals surface area contributed by atoms with E-state index in [1.165, 1.54) is 13.2 Å². The minimum Gasteiger partial charge on any atom is -0.491 e. The van der Waals surface area contributed by atoms with Crippen LogP contribution < -0.4 is 9.47 Å². The second-order valence-corrected chi connectivity index (χ2v) is 3.63. The first-order valence-corrected chi connectivity index (χ1v) is 5.44. The summed E-state index contributed by atoms with van der Waals surface area (Å²) < 4.78 is 29.4. The molecule has 1 aliphatic heterocycles. The van der Waals surface area contributed by atoms with Crippen LogP contribution in [0.2, 0.25) is 0 Å². The number of fused-ring (bicyclic) bond motifs is 1. The first-order chi connectivity index (χ1) is 8.76. The SMILES string of the molecule is COCCOc1cc(F)c2c(c1)OC/C2=N\OC. The molecule has 1 aromatic rings. The molecule has 0 aliphatic carbocycles. The Morgan fingerprint density at radius 3 is 2.89 bits per heavy atom. The van der Waals surface area contributed by atoms with E-state index in [1.54, 1.807) is 13.2 Å².